The van der Waals surface area contributed by atoms with Gasteiger partial charge in [-0.1, -0.05) is 23.4 Å². The number of methoxy groups -OCH3 is 2. The second-order valence-electron chi connectivity index (χ2n) is 11.7. The molecule has 1 fully saturated rings. The van der Waals surface area contributed by atoms with Crippen LogP contribution in [-0.4, -0.2) is 97.5 Å². The third kappa shape index (κ3) is 9.74. The van der Waals surface area contributed by atoms with Crippen molar-refractivity contribution in [1.82, 2.24) is 25.9 Å². The number of rotatable bonds is 18. The van der Waals surface area contributed by atoms with Crippen molar-refractivity contribution in [2.45, 2.75) is 62.9 Å². The van der Waals surface area contributed by atoms with Crippen molar-refractivity contribution in [3.8, 4) is 11.5 Å². The Labute approximate surface area is 278 Å². The monoisotopic (exact) mass is 669 g/mol. The zero-order valence-electron chi connectivity index (χ0n) is 27.2. The summed E-state index contributed by atoms with van der Waals surface area (Å²) in [5.41, 5.74) is 3.23. The van der Waals surface area contributed by atoms with Crippen LogP contribution in [0.5, 0.6) is 11.5 Å². The van der Waals surface area contributed by atoms with Crippen molar-refractivity contribution in [1.29, 1.82) is 0 Å². The molecule has 2 N–H and O–H groups in total. The van der Waals surface area contributed by atoms with Crippen LogP contribution in [0.1, 0.15) is 61.1 Å². The molecule has 0 spiro atoms. The molecule has 2 aromatic carbocycles. The second kappa shape index (κ2) is 17.6. The smallest absolute Gasteiger partial charge is 0.306 e. The summed E-state index contributed by atoms with van der Waals surface area (Å²) in [7, 11) is 3.35. The molecular weight excluding hydrogens is 626 g/mol. The number of ether oxygens (including phenoxy) is 5. The minimum atomic E-state index is -0.889. The van der Waals surface area contributed by atoms with E-state index in [1.807, 2.05) is 24.3 Å². The highest BCUT2D eigenvalue weighted by Gasteiger charge is 2.35. The lowest BCUT2D eigenvalue weighted by Crippen LogP contribution is -2.47. The van der Waals surface area contributed by atoms with Crippen LogP contribution >= 0.6 is 0 Å². The van der Waals surface area contributed by atoms with Crippen molar-refractivity contribution in [2.24, 2.45) is 0 Å². The quantitative estimate of drug-likeness (QED) is 0.0871. The number of aromatic nitrogens is 4. The van der Waals surface area contributed by atoms with E-state index in [1.54, 1.807) is 14.2 Å². The van der Waals surface area contributed by atoms with Crippen molar-refractivity contribution >= 4 is 11.7 Å². The number of anilines is 1. The maximum absolute atomic E-state index is 12.6. The maximum Gasteiger partial charge on any atom is 0.306 e. The molecule has 16 nitrogen and oxygen atoms in total. The van der Waals surface area contributed by atoms with Crippen LogP contribution < -0.4 is 19.7 Å². The van der Waals surface area contributed by atoms with Gasteiger partial charge in [0.05, 0.1) is 38.7 Å². The van der Waals surface area contributed by atoms with Gasteiger partial charge < -0.3 is 38.7 Å². The van der Waals surface area contributed by atoms with E-state index >= 15 is 0 Å². The first-order valence-electron chi connectivity index (χ1n) is 16.1. The highest BCUT2D eigenvalue weighted by molar-refractivity contribution is 5.69. The molecule has 16 heteroatoms. The number of nitrogens with zero attached hydrogens (tertiary/aromatic N) is 5. The molecule has 48 heavy (non-hydrogen) atoms. The Morgan fingerprint density at radius 2 is 2.02 bits per heavy atom. The summed E-state index contributed by atoms with van der Waals surface area (Å²) in [6.45, 7) is 3.85. The molecule has 3 aromatic rings. The van der Waals surface area contributed by atoms with E-state index in [2.05, 4.69) is 53.9 Å². The molecule has 2 aliphatic rings. The van der Waals surface area contributed by atoms with Crippen molar-refractivity contribution < 1.29 is 38.4 Å². The molecule has 3 heterocycles. The van der Waals surface area contributed by atoms with E-state index in [9.17, 15) is 14.9 Å². The summed E-state index contributed by atoms with van der Waals surface area (Å²) in [4.78, 5) is 29.7. The van der Waals surface area contributed by atoms with Crippen molar-refractivity contribution in [3.63, 3.8) is 0 Å². The Balaban J connectivity index is 1.26. The number of hydrogen-bond acceptors (Lipinski definition) is 14. The van der Waals surface area contributed by atoms with Gasteiger partial charge in [0, 0.05) is 51.6 Å². The number of hydrogen-bond donors (Lipinski definition) is 2. The molecule has 0 saturated carbocycles. The number of esters is 1. The van der Waals surface area contributed by atoms with Crippen LogP contribution in [0.3, 0.4) is 0 Å². The highest BCUT2D eigenvalue weighted by Crippen LogP contribution is 2.36. The summed E-state index contributed by atoms with van der Waals surface area (Å²) >= 11 is 0. The first-order valence-corrected chi connectivity index (χ1v) is 16.1. The first-order chi connectivity index (χ1) is 23.4. The molecule has 4 unspecified atom stereocenters. The molecule has 0 aliphatic carbocycles. The standard InChI is InChI=1S/C32H43N7O9/c1-43-14-4-12-38-13-16-45-28-11-6-22(17-27(28)38)21-46-30-20-33-24(18-26(30)23-7-9-25(44-2)10-8-23)19-29(32-34-36-37-35-32)48-31(40)5-3-15-47-39(41)42/h6-11,17,24,26,29-30,33H,3-5,12-16,18-21H2,1-2H3,(H,34,35,36,37). The van der Waals surface area contributed by atoms with Crippen LogP contribution in [0.2, 0.25) is 0 Å². The number of carbonyl (C=O) groups is 1. The van der Waals surface area contributed by atoms with Gasteiger partial charge in [0.25, 0.3) is 5.09 Å². The van der Waals surface area contributed by atoms with E-state index in [4.69, 9.17) is 23.7 Å². The van der Waals surface area contributed by atoms with Gasteiger partial charge in [0.1, 0.15) is 18.1 Å². The molecule has 4 atom stereocenters. The Morgan fingerprint density at radius 1 is 1.17 bits per heavy atom. The van der Waals surface area contributed by atoms with Crippen LogP contribution in [0, 0.1) is 10.1 Å². The van der Waals surface area contributed by atoms with Gasteiger partial charge in [0.2, 0.25) is 5.82 Å². The third-order valence-corrected chi connectivity index (χ3v) is 8.51. The topological polar surface area (TPSA) is 185 Å². The number of H-pyrrole nitrogens is 1. The summed E-state index contributed by atoms with van der Waals surface area (Å²) in [6.07, 6.45) is 1.18. The highest BCUT2D eigenvalue weighted by atomic mass is 16.9. The Bertz CT molecular complexity index is 1440. The molecule has 260 valence electrons. The van der Waals surface area contributed by atoms with Gasteiger partial charge >= 0.3 is 5.97 Å². The summed E-state index contributed by atoms with van der Waals surface area (Å²) in [5.74, 6) is 1.38. The van der Waals surface area contributed by atoms with Crippen molar-refractivity contribution in [2.75, 3.05) is 58.6 Å². The lowest BCUT2D eigenvalue weighted by Gasteiger charge is -2.38. The predicted octanol–water partition coefficient (Wildman–Crippen LogP) is 3.14. The van der Waals surface area contributed by atoms with E-state index < -0.39 is 17.2 Å². The van der Waals surface area contributed by atoms with Gasteiger partial charge in [-0.25, -0.2) is 0 Å². The molecule has 0 bridgehead atoms. The third-order valence-electron chi connectivity index (χ3n) is 8.51. The fraction of sp³-hybridized carbons (Fsp3) is 0.562. The molecule has 1 saturated heterocycles. The van der Waals surface area contributed by atoms with Gasteiger partial charge in [-0.3, -0.25) is 4.79 Å². The van der Waals surface area contributed by atoms with Gasteiger partial charge in [-0.15, -0.1) is 20.3 Å². The lowest BCUT2D eigenvalue weighted by molar-refractivity contribution is -0.757. The van der Waals surface area contributed by atoms with E-state index in [0.717, 1.165) is 47.8 Å². The molecular formula is C32H43N7O9. The SMILES string of the molecule is COCCCN1CCOc2ccc(COC3CNC(CC(OC(=O)CCCO[N+](=O)[O-])c4nn[nH]n4)CC3c3ccc(OC)cc3)cc21. The van der Waals surface area contributed by atoms with E-state index in [1.165, 1.54) is 0 Å². The molecule has 1 aromatic heterocycles. The minimum absolute atomic E-state index is 0.0227. The summed E-state index contributed by atoms with van der Waals surface area (Å²) in [6, 6.07) is 14.1. The van der Waals surface area contributed by atoms with Gasteiger partial charge in [-0.05, 0) is 54.7 Å². The number of aromatic amines is 1. The number of nitrogens with one attached hydrogen (secondary N) is 2. The molecule has 0 radical (unpaired) electrons. The van der Waals surface area contributed by atoms with Crippen LogP contribution in [0.15, 0.2) is 42.5 Å². The zero-order chi connectivity index (χ0) is 33.7. The first kappa shape index (κ1) is 34.8. The number of fused-ring (bicyclic) bond motifs is 1. The Kier molecular flexibility index (Phi) is 12.7. The zero-order valence-corrected chi connectivity index (χ0v) is 27.2. The van der Waals surface area contributed by atoms with Crippen LogP contribution in [0.25, 0.3) is 0 Å². The number of tetrazole rings is 1. The second-order valence-corrected chi connectivity index (χ2v) is 11.7. The molecule has 5 rings (SSSR count). The van der Waals surface area contributed by atoms with E-state index in [0.29, 0.717) is 39.2 Å². The van der Waals surface area contributed by atoms with Gasteiger partial charge in [0.15, 0.2) is 6.10 Å². The van der Waals surface area contributed by atoms with Crippen molar-refractivity contribution in [3.05, 3.63) is 69.5 Å². The van der Waals surface area contributed by atoms with Gasteiger partial charge in [-0.2, -0.15) is 5.21 Å². The fourth-order valence-electron chi connectivity index (χ4n) is 6.11. The van der Waals surface area contributed by atoms with Crippen LogP contribution in [0.4, 0.5) is 5.69 Å². The number of carbonyl (C=O) groups excluding carboxylic acids is 1. The lowest BCUT2D eigenvalue weighted by atomic mass is 9.82. The number of benzene rings is 2. The molecule has 2 aliphatic heterocycles. The summed E-state index contributed by atoms with van der Waals surface area (Å²) in [5, 5.41) is 27.3. The minimum Gasteiger partial charge on any atom is -0.497 e. The average molecular weight is 670 g/mol. The predicted molar refractivity (Wildman–Crippen MR) is 171 cm³/mol. The summed E-state index contributed by atoms with van der Waals surface area (Å²) < 4.78 is 28.9. The molecule has 0 amide bonds. The fourth-order valence-corrected chi connectivity index (χ4v) is 6.11. The largest absolute Gasteiger partial charge is 0.497 e. The Hall–Kier alpha value is -4.54. The maximum atomic E-state index is 12.6. The van der Waals surface area contributed by atoms with Crippen LogP contribution in [-0.2, 0) is 30.4 Å². The normalized spacial score (nSPS) is 19.5. The van der Waals surface area contributed by atoms with E-state index in [-0.39, 0.29) is 43.3 Å². The number of piperidine rings is 1. The Morgan fingerprint density at radius 3 is 2.77 bits per heavy atom. The average Bonchev–Trinajstić information content (AvgIpc) is 3.65.